The Hall–Kier alpha value is -1.49. The highest BCUT2D eigenvalue weighted by Gasteiger charge is 2.59. The maximum atomic E-state index is 10.8. The van der Waals surface area contributed by atoms with E-state index in [0.717, 1.165) is 13.6 Å². The Balaban J connectivity index is 2.70. The number of carbonyl (C=O) groups is 4. The molecule has 1 saturated heterocycles. The van der Waals surface area contributed by atoms with Gasteiger partial charge in [-0.15, -0.1) is 0 Å². The van der Waals surface area contributed by atoms with Gasteiger partial charge >= 0.3 is 25.9 Å². The van der Waals surface area contributed by atoms with Crippen molar-refractivity contribution in [1.82, 2.24) is 0 Å². The zero-order valence-corrected chi connectivity index (χ0v) is 8.20. The van der Waals surface area contributed by atoms with Gasteiger partial charge in [0.05, 0.1) is 0 Å². The molecule has 1 aliphatic heterocycles. The lowest BCUT2D eigenvalue weighted by Crippen LogP contribution is -2.14. The van der Waals surface area contributed by atoms with E-state index in [9.17, 15) is 19.2 Å². The summed E-state index contributed by atoms with van der Waals surface area (Å²) in [7, 11) is -3.31. The van der Waals surface area contributed by atoms with Gasteiger partial charge in [0.25, 0.3) is 0 Å². The summed E-state index contributed by atoms with van der Waals surface area (Å²) in [6.45, 7) is 2.12. The molecule has 0 radical (unpaired) electrons. The molecular weight excluding hydrogens is 215 g/mol. The molecule has 0 aliphatic carbocycles. The lowest BCUT2D eigenvalue weighted by molar-refractivity contribution is -0.150. The van der Waals surface area contributed by atoms with Gasteiger partial charge in [-0.2, -0.15) is 0 Å². The molecule has 0 atom stereocenters. The maximum Gasteiger partial charge on any atom is 0.550 e. The number of hydrogen-bond donors (Lipinski definition) is 0. The second kappa shape index (κ2) is 3.34. The van der Waals surface area contributed by atoms with Gasteiger partial charge in [-0.05, 0) is 0 Å². The van der Waals surface area contributed by atoms with Crippen LogP contribution in [0.5, 0.6) is 0 Å². The highest BCUT2D eigenvalue weighted by molar-refractivity contribution is 7.63. The summed E-state index contributed by atoms with van der Waals surface area (Å²) in [6.07, 6.45) is 0. The molecule has 1 heterocycles. The fourth-order valence-electron chi connectivity index (χ4n) is 0.647. The van der Waals surface area contributed by atoms with Crippen LogP contribution in [0, 0.1) is 0 Å². The molecule has 7 nitrogen and oxygen atoms in total. The molecule has 0 spiro atoms. The van der Waals surface area contributed by atoms with Crippen LogP contribution in [0.3, 0.4) is 0 Å². The molecular formula is C6H6O7P+. The number of ketones is 1. The Morgan fingerprint density at radius 2 is 1.64 bits per heavy atom. The third-order valence-electron chi connectivity index (χ3n) is 1.20. The van der Waals surface area contributed by atoms with Crippen LogP contribution in [0.2, 0.25) is 0 Å². The van der Waals surface area contributed by atoms with Crippen LogP contribution < -0.4 is 0 Å². The molecule has 1 aliphatic rings. The Morgan fingerprint density at radius 3 is 2.00 bits per heavy atom. The first-order chi connectivity index (χ1) is 6.34. The largest absolute Gasteiger partial charge is 0.550 e. The van der Waals surface area contributed by atoms with Crippen molar-refractivity contribution >= 4 is 31.6 Å². The molecule has 0 amide bonds. The molecule has 1 rings (SSSR count). The first-order valence-corrected chi connectivity index (χ1v) is 5.41. The second-order valence-corrected chi connectivity index (χ2v) is 4.55. The van der Waals surface area contributed by atoms with E-state index in [-0.39, 0.29) is 0 Å². The predicted molar refractivity (Wildman–Crippen MR) is 41.8 cm³/mol. The number of rotatable bonds is 2. The number of hydrogen-bond acceptors (Lipinski definition) is 7. The Kier molecular flexibility index (Phi) is 2.53. The van der Waals surface area contributed by atoms with Gasteiger partial charge in [0.1, 0.15) is 0 Å². The summed E-state index contributed by atoms with van der Waals surface area (Å²) in [6, 6.07) is 0. The second-order valence-electron chi connectivity index (χ2n) is 2.46. The van der Waals surface area contributed by atoms with Crippen molar-refractivity contribution < 1.29 is 32.7 Å². The van der Waals surface area contributed by atoms with E-state index in [4.69, 9.17) is 0 Å². The van der Waals surface area contributed by atoms with Crippen LogP contribution in [0.4, 0.5) is 0 Å². The molecule has 0 bridgehead atoms. The lowest BCUT2D eigenvalue weighted by atomic mass is 10.5. The first kappa shape index (κ1) is 10.6. The number of carbonyl (C=O) groups excluding carboxylic acids is 4. The van der Waals surface area contributed by atoms with E-state index in [0.29, 0.717) is 0 Å². The van der Waals surface area contributed by atoms with E-state index in [1.165, 1.54) is 0 Å². The Morgan fingerprint density at radius 1 is 1.21 bits per heavy atom. The zero-order chi connectivity index (χ0) is 10.9. The van der Waals surface area contributed by atoms with E-state index in [1.807, 2.05) is 0 Å². The van der Waals surface area contributed by atoms with Crippen LogP contribution in [0.25, 0.3) is 0 Å². The van der Waals surface area contributed by atoms with Gasteiger partial charge < -0.3 is 0 Å². The van der Waals surface area contributed by atoms with Gasteiger partial charge in [-0.3, -0.25) is 4.79 Å². The van der Waals surface area contributed by atoms with Gasteiger partial charge in [-0.25, -0.2) is 28.0 Å². The van der Waals surface area contributed by atoms with Crippen molar-refractivity contribution in [3.63, 3.8) is 0 Å². The topological polar surface area (TPSA) is 96.0 Å². The molecule has 14 heavy (non-hydrogen) atoms. The SMILES string of the molecule is CC(=O)C(=O)O[P+]1(C)OC(=O)C(=O)O1. The smallest absolute Gasteiger partial charge is 0.287 e. The van der Waals surface area contributed by atoms with Crippen LogP contribution >= 0.6 is 7.94 Å². The summed E-state index contributed by atoms with van der Waals surface area (Å²) in [5.41, 5.74) is 0. The van der Waals surface area contributed by atoms with Gasteiger partial charge in [0, 0.05) is 6.92 Å². The molecule has 0 N–H and O–H groups in total. The van der Waals surface area contributed by atoms with Crippen molar-refractivity contribution in [2.75, 3.05) is 6.66 Å². The van der Waals surface area contributed by atoms with Gasteiger partial charge in [0.2, 0.25) is 5.78 Å². The summed E-state index contributed by atoms with van der Waals surface area (Å²) < 4.78 is 13.2. The third-order valence-corrected chi connectivity index (χ3v) is 2.69. The fraction of sp³-hybridized carbons (Fsp3) is 0.333. The van der Waals surface area contributed by atoms with Crippen molar-refractivity contribution in [2.45, 2.75) is 6.92 Å². The van der Waals surface area contributed by atoms with Crippen LogP contribution in [0.1, 0.15) is 6.92 Å². The quantitative estimate of drug-likeness (QED) is 0.462. The van der Waals surface area contributed by atoms with Crippen LogP contribution in [-0.4, -0.2) is 30.4 Å². The van der Waals surface area contributed by atoms with Crippen molar-refractivity contribution in [1.29, 1.82) is 0 Å². The van der Waals surface area contributed by atoms with Gasteiger partial charge in [-0.1, -0.05) is 0 Å². The van der Waals surface area contributed by atoms with E-state index < -0.39 is 31.6 Å². The minimum absolute atomic E-state index is 0.870. The summed E-state index contributed by atoms with van der Waals surface area (Å²) >= 11 is 0. The average molecular weight is 221 g/mol. The molecule has 1 fully saturated rings. The summed E-state index contributed by atoms with van der Waals surface area (Å²) in [5, 5.41) is 0. The van der Waals surface area contributed by atoms with Crippen molar-refractivity contribution in [3.8, 4) is 0 Å². The van der Waals surface area contributed by atoms with Crippen molar-refractivity contribution in [3.05, 3.63) is 0 Å². The van der Waals surface area contributed by atoms with E-state index >= 15 is 0 Å². The predicted octanol–water partition coefficient (Wildman–Crippen LogP) is -0.389. The Labute approximate surface area is 78.9 Å². The van der Waals surface area contributed by atoms with Gasteiger partial charge in [0.15, 0.2) is 6.66 Å². The molecule has 0 unspecified atom stereocenters. The first-order valence-electron chi connectivity index (χ1n) is 3.42. The average Bonchev–Trinajstić information content (AvgIpc) is 2.25. The highest BCUT2D eigenvalue weighted by Crippen LogP contribution is 2.62. The molecule has 0 aromatic rings. The maximum absolute atomic E-state index is 10.8. The molecule has 0 saturated carbocycles. The lowest BCUT2D eigenvalue weighted by Gasteiger charge is -2.05. The highest BCUT2D eigenvalue weighted by atomic mass is 31.2. The minimum Gasteiger partial charge on any atom is -0.287 e. The van der Waals surface area contributed by atoms with E-state index in [1.54, 1.807) is 0 Å². The van der Waals surface area contributed by atoms with Crippen LogP contribution in [-0.2, 0) is 32.7 Å². The molecule has 0 aromatic carbocycles. The standard InChI is InChI=1S/C6H6O7P/c1-3(7)4(8)11-14(2)12-5(9)6(10)13-14/h1-2H3/q+1. The third kappa shape index (κ3) is 2.05. The molecule has 0 aromatic heterocycles. The monoisotopic (exact) mass is 221 g/mol. The molecule has 76 valence electrons. The zero-order valence-electron chi connectivity index (χ0n) is 7.30. The Bertz CT molecular complexity index is 317. The van der Waals surface area contributed by atoms with Crippen LogP contribution in [0.15, 0.2) is 0 Å². The van der Waals surface area contributed by atoms with E-state index in [2.05, 4.69) is 13.6 Å². The summed E-state index contributed by atoms with van der Waals surface area (Å²) in [4.78, 5) is 42.5. The number of Topliss-reactive ketones (excluding diaryl/α,β-unsaturated/α-hetero) is 1. The normalized spacial score (nSPS) is 18.4. The molecule has 8 heteroatoms. The minimum atomic E-state index is -3.31. The van der Waals surface area contributed by atoms with Crippen molar-refractivity contribution in [2.24, 2.45) is 0 Å². The fourth-order valence-corrected chi connectivity index (χ4v) is 1.94. The summed E-state index contributed by atoms with van der Waals surface area (Å²) in [5.74, 6) is -4.53.